The lowest BCUT2D eigenvalue weighted by Crippen LogP contribution is -2.56. The van der Waals surface area contributed by atoms with Crippen LogP contribution in [-0.2, 0) is 30.5 Å². The lowest BCUT2D eigenvalue weighted by molar-refractivity contribution is -0.159. The van der Waals surface area contributed by atoms with E-state index in [4.69, 9.17) is 9.47 Å². The van der Waals surface area contributed by atoms with Crippen molar-refractivity contribution in [2.75, 3.05) is 26.3 Å². The maximum atomic E-state index is 14.4. The first-order valence-corrected chi connectivity index (χ1v) is 13.7. The van der Waals surface area contributed by atoms with Gasteiger partial charge in [-0.05, 0) is 43.9 Å². The van der Waals surface area contributed by atoms with Crippen LogP contribution in [-0.4, -0.2) is 91.2 Å². The number of fused-ring (bicyclic) bond motifs is 3. The quantitative estimate of drug-likeness (QED) is 0.306. The fourth-order valence-corrected chi connectivity index (χ4v) is 6.76. The molecule has 2 amide bonds. The number of unbranched alkanes of at least 4 members (excludes halogenated alkanes) is 2. The van der Waals surface area contributed by atoms with Crippen LogP contribution in [0.4, 0.5) is 0 Å². The number of esters is 1. The topological polar surface area (TPSA) is 127 Å². The number of cyclic esters (lactones) is 1. The Morgan fingerprint density at radius 2 is 1.90 bits per heavy atom. The first-order valence-electron chi connectivity index (χ1n) is 13.7. The molecule has 11 heteroatoms. The standard InChI is InChI=1S/C28H33N5O6/c1-2-27-12-9-17-38-26(37)22(27)21-24(35)32(15-6-3-7-16-34)23-25(36)31(14-8-13-28(21,23)39-27)18-33-20-11-5-4-10-19(20)29-30-33/h4-5,8-13,21-23,34H,2-3,6-7,14-18H2,1H3/t21-,22+,23?,27-,28-/m0/s1. The number of hydrogen-bond acceptors (Lipinski definition) is 8. The van der Waals surface area contributed by atoms with Crippen molar-refractivity contribution in [3.05, 3.63) is 48.6 Å². The van der Waals surface area contributed by atoms with E-state index in [-0.39, 0.29) is 38.2 Å². The number of nitrogens with zero attached hydrogens (tertiary/aromatic N) is 5. The van der Waals surface area contributed by atoms with E-state index >= 15 is 0 Å². The van der Waals surface area contributed by atoms with Gasteiger partial charge >= 0.3 is 5.97 Å². The van der Waals surface area contributed by atoms with E-state index < -0.39 is 35.0 Å². The van der Waals surface area contributed by atoms with Crippen LogP contribution < -0.4 is 0 Å². The molecule has 5 atom stereocenters. The van der Waals surface area contributed by atoms with Crippen molar-refractivity contribution in [2.24, 2.45) is 11.8 Å². The number of aliphatic hydroxyl groups excluding tert-OH is 1. The monoisotopic (exact) mass is 535 g/mol. The molecule has 1 aromatic heterocycles. The molecule has 0 aliphatic carbocycles. The second-order valence-corrected chi connectivity index (χ2v) is 10.7. The first kappa shape index (κ1) is 25.7. The zero-order valence-electron chi connectivity index (χ0n) is 21.9. The number of hydrogen-bond donors (Lipinski definition) is 1. The summed E-state index contributed by atoms with van der Waals surface area (Å²) in [5.74, 6) is -2.76. The largest absolute Gasteiger partial charge is 0.461 e. The molecule has 0 radical (unpaired) electrons. The molecule has 5 heterocycles. The van der Waals surface area contributed by atoms with Crippen LogP contribution in [0.3, 0.4) is 0 Å². The van der Waals surface area contributed by atoms with Crippen LogP contribution in [0, 0.1) is 11.8 Å². The molecule has 4 aliphatic rings. The third kappa shape index (κ3) is 3.89. The number of carbonyl (C=O) groups excluding carboxylic acids is 3. The van der Waals surface area contributed by atoms with Gasteiger partial charge in [-0.3, -0.25) is 14.4 Å². The second-order valence-electron chi connectivity index (χ2n) is 10.7. The van der Waals surface area contributed by atoms with Crippen molar-refractivity contribution < 1.29 is 29.0 Å². The average Bonchev–Trinajstić information content (AvgIpc) is 3.47. The molecule has 2 saturated heterocycles. The lowest BCUT2D eigenvalue weighted by Gasteiger charge is -2.38. The number of rotatable bonds is 8. The van der Waals surface area contributed by atoms with Gasteiger partial charge in [-0.25, -0.2) is 4.68 Å². The molecule has 1 spiro atoms. The molecule has 2 fully saturated rings. The number of ether oxygens (including phenoxy) is 2. The Kier molecular flexibility index (Phi) is 6.50. The Morgan fingerprint density at radius 1 is 1.05 bits per heavy atom. The summed E-state index contributed by atoms with van der Waals surface area (Å²) in [4.78, 5) is 45.1. The highest BCUT2D eigenvalue weighted by Crippen LogP contribution is 2.58. The van der Waals surface area contributed by atoms with Gasteiger partial charge in [0, 0.05) is 19.7 Å². The van der Waals surface area contributed by atoms with Crippen LogP contribution >= 0.6 is 0 Å². The molecular weight excluding hydrogens is 502 g/mol. The predicted octanol–water partition coefficient (Wildman–Crippen LogP) is 1.42. The Morgan fingerprint density at radius 3 is 2.72 bits per heavy atom. The van der Waals surface area contributed by atoms with Crippen LogP contribution in [0.1, 0.15) is 32.6 Å². The van der Waals surface area contributed by atoms with Gasteiger partial charge in [-0.2, -0.15) is 0 Å². The minimum atomic E-state index is -1.31. The van der Waals surface area contributed by atoms with E-state index in [0.29, 0.717) is 32.2 Å². The molecular formula is C28H33N5O6. The number of aromatic nitrogens is 3. The van der Waals surface area contributed by atoms with Crippen LogP contribution in [0.2, 0.25) is 0 Å². The maximum absolute atomic E-state index is 14.4. The molecule has 1 N–H and O–H groups in total. The van der Waals surface area contributed by atoms with Crippen molar-refractivity contribution in [3.63, 3.8) is 0 Å². The number of amides is 2. The van der Waals surface area contributed by atoms with Gasteiger partial charge in [0.25, 0.3) is 5.91 Å². The fraction of sp³-hybridized carbons (Fsp3) is 0.536. The minimum absolute atomic E-state index is 0.0631. The van der Waals surface area contributed by atoms with Gasteiger partial charge in [-0.1, -0.05) is 42.5 Å². The smallest absolute Gasteiger partial charge is 0.313 e. The molecule has 39 heavy (non-hydrogen) atoms. The Hall–Kier alpha value is -3.57. The zero-order valence-corrected chi connectivity index (χ0v) is 21.9. The summed E-state index contributed by atoms with van der Waals surface area (Å²) in [5.41, 5.74) is -0.836. The molecule has 1 unspecified atom stereocenters. The van der Waals surface area contributed by atoms with Crippen LogP contribution in [0.5, 0.6) is 0 Å². The summed E-state index contributed by atoms with van der Waals surface area (Å²) in [6.07, 6.45) is 9.67. The highest BCUT2D eigenvalue weighted by Gasteiger charge is 2.75. The van der Waals surface area contributed by atoms with E-state index in [2.05, 4.69) is 10.3 Å². The summed E-state index contributed by atoms with van der Waals surface area (Å²) < 4.78 is 14.0. The summed E-state index contributed by atoms with van der Waals surface area (Å²) >= 11 is 0. The predicted molar refractivity (Wildman–Crippen MR) is 139 cm³/mol. The molecule has 2 aromatic rings. The van der Waals surface area contributed by atoms with Gasteiger partial charge < -0.3 is 24.4 Å². The van der Waals surface area contributed by atoms with E-state index in [1.807, 2.05) is 49.4 Å². The number of aliphatic hydroxyl groups is 1. The zero-order chi connectivity index (χ0) is 27.2. The van der Waals surface area contributed by atoms with Crippen molar-refractivity contribution in [2.45, 2.75) is 56.5 Å². The van der Waals surface area contributed by atoms with Crippen LogP contribution in [0.15, 0.2) is 48.6 Å². The molecule has 0 saturated carbocycles. The SMILES string of the molecule is CC[C@]12C=CCOC(=O)[C@H]1[C@H]1C(=O)N(CCCCCO)C3C(=O)N(Cn4nnc5ccccc54)CC=C[C@@]31O2. The summed E-state index contributed by atoms with van der Waals surface area (Å²) in [5, 5.41) is 17.7. The summed E-state index contributed by atoms with van der Waals surface area (Å²) in [7, 11) is 0. The normalized spacial score (nSPS) is 31.7. The third-order valence-electron chi connectivity index (χ3n) is 8.56. The van der Waals surface area contributed by atoms with Gasteiger partial charge in [0.15, 0.2) is 0 Å². The maximum Gasteiger partial charge on any atom is 0.313 e. The van der Waals surface area contributed by atoms with Gasteiger partial charge in [0.05, 0.1) is 11.4 Å². The Balaban J connectivity index is 1.40. The third-order valence-corrected chi connectivity index (χ3v) is 8.56. The second kappa shape index (κ2) is 9.87. The fourth-order valence-electron chi connectivity index (χ4n) is 6.76. The van der Waals surface area contributed by atoms with Crippen molar-refractivity contribution in [1.29, 1.82) is 0 Å². The highest BCUT2D eigenvalue weighted by atomic mass is 16.6. The highest BCUT2D eigenvalue weighted by molar-refractivity contribution is 5.99. The summed E-state index contributed by atoms with van der Waals surface area (Å²) in [6.45, 7) is 2.87. The Bertz CT molecular complexity index is 1350. The van der Waals surface area contributed by atoms with Crippen molar-refractivity contribution >= 4 is 28.8 Å². The number of benzene rings is 1. The first-order chi connectivity index (χ1) is 19.0. The van der Waals surface area contributed by atoms with Crippen LogP contribution in [0.25, 0.3) is 11.0 Å². The van der Waals surface area contributed by atoms with Crippen molar-refractivity contribution in [1.82, 2.24) is 24.8 Å². The van der Waals surface area contributed by atoms with E-state index in [9.17, 15) is 19.5 Å². The van der Waals surface area contributed by atoms with E-state index in [0.717, 1.165) is 11.0 Å². The summed E-state index contributed by atoms with van der Waals surface area (Å²) in [6, 6.07) is 6.58. The number of para-hydroxylation sites is 1. The minimum Gasteiger partial charge on any atom is -0.461 e. The average molecular weight is 536 g/mol. The molecule has 206 valence electrons. The van der Waals surface area contributed by atoms with Gasteiger partial charge in [0.1, 0.15) is 42.0 Å². The molecule has 4 aliphatic heterocycles. The van der Waals surface area contributed by atoms with Gasteiger partial charge in [0.2, 0.25) is 5.91 Å². The van der Waals surface area contributed by atoms with E-state index in [1.165, 1.54) is 0 Å². The molecule has 0 bridgehead atoms. The molecule has 11 nitrogen and oxygen atoms in total. The Labute approximate surface area is 226 Å². The number of carbonyl (C=O) groups is 3. The van der Waals surface area contributed by atoms with E-state index in [1.54, 1.807) is 20.6 Å². The number of likely N-dealkylation sites (tertiary alicyclic amines) is 1. The van der Waals surface area contributed by atoms with Gasteiger partial charge in [-0.15, -0.1) is 5.10 Å². The lowest BCUT2D eigenvalue weighted by atomic mass is 9.73. The molecule has 1 aromatic carbocycles. The van der Waals surface area contributed by atoms with Crippen molar-refractivity contribution in [3.8, 4) is 0 Å². The molecule has 6 rings (SSSR count).